The summed E-state index contributed by atoms with van der Waals surface area (Å²) in [6.45, 7) is 1.38. The Morgan fingerprint density at radius 2 is 2.13 bits per heavy atom. The standard InChI is InChI=1S/C17H17N3O2S/c21-17(19-11-14-5-1-2-8-18-14)20(12-15-6-3-9-22-15)13-16-7-4-10-23-16/h1-10H,11-13H2,(H,19,21). The highest BCUT2D eigenvalue weighted by atomic mass is 32.1. The highest BCUT2D eigenvalue weighted by molar-refractivity contribution is 7.09. The van der Waals surface area contributed by atoms with Crippen molar-refractivity contribution < 1.29 is 9.21 Å². The highest BCUT2D eigenvalue weighted by Gasteiger charge is 2.16. The topological polar surface area (TPSA) is 58.4 Å². The van der Waals surface area contributed by atoms with Gasteiger partial charge in [0.1, 0.15) is 5.76 Å². The summed E-state index contributed by atoms with van der Waals surface area (Å²) in [6, 6.07) is 13.2. The van der Waals surface area contributed by atoms with Crippen LogP contribution in [-0.2, 0) is 19.6 Å². The molecule has 3 rings (SSSR count). The molecule has 6 heteroatoms. The molecule has 0 fully saturated rings. The number of pyridine rings is 1. The lowest BCUT2D eigenvalue weighted by molar-refractivity contribution is 0.187. The summed E-state index contributed by atoms with van der Waals surface area (Å²) in [4.78, 5) is 19.6. The molecule has 0 aliphatic heterocycles. The number of amides is 2. The van der Waals surface area contributed by atoms with Crippen molar-refractivity contribution in [3.63, 3.8) is 0 Å². The number of carbonyl (C=O) groups excluding carboxylic acids is 1. The lowest BCUT2D eigenvalue weighted by Crippen LogP contribution is -2.38. The molecule has 3 aromatic heterocycles. The maximum Gasteiger partial charge on any atom is 0.318 e. The second-order valence-electron chi connectivity index (χ2n) is 4.99. The number of hydrogen-bond donors (Lipinski definition) is 1. The number of aromatic nitrogens is 1. The second-order valence-corrected chi connectivity index (χ2v) is 6.03. The van der Waals surface area contributed by atoms with Crippen molar-refractivity contribution in [3.05, 3.63) is 76.6 Å². The van der Waals surface area contributed by atoms with Crippen LogP contribution in [-0.4, -0.2) is 15.9 Å². The van der Waals surface area contributed by atoms with Crippen molar-refractivity contribution in [2.75, 3.05) is 0 Å². The fourth-order valence-corrected chi connectivity index (χ4v) is 2.88. The molecule has 0 aliphatic carbocycles. The maximum absolute atomic E-state index is 12.5. The van der Waals surface area contributed by atoms with E-state index in [4.69, 9.17) is 4.42 Å². The largest absolute Gasteiger partial charge is 0.467 e. The molecule has 23 heavy (non-hydrogen) atoms. The number of nitrogens with zero attached hydrogens (tertiary/aromatic N) is 2. The van der Waals surface area contributed by atoms with Crippen molar-refractivity contribution in [2.24, 2.45) is 0 Å². The molecule has 0 radical (unpaired) electrons. The first-order valence-corrected chi connectivity index (χ1v) is 8.16. The van der Waals surface area contributed by atoms with E-state index in [-0.39, 0.29) is 6.03 Å². The molecule has 0 bridgehead atoms. The minimum atomic E-state index is -0.138. The Kier molecular flexibility index (Phi) is 5.06. The molecule has 0 saturated carbocycles. The average molecular weight is 327 g/mol. The van der Waals surface area contributed by atoms with Crippen LogP contribution in [0, 0.1) is 0 Å². The van der Waals surface area contributed by atoms with Crippen LogP contribution in [0.4, 0.5) is 4.79 Å². The van der Waals surface area contributed by atoms with Crippen molar-refractivity contribution in [3.8, 4) is 0 Å². The SMILES string of the molecule is O=C(NCc1ccccn1)N(Cc1ccco1)Cc1cccs1. The molecular formula is C17H17N3O2S. The summed E-state index contributed by atoms with van der Waals surface area (Å²) in [5.74, 6) is 0.759. The summed E-state index contributed by atoms with van der Waals surface area (Å²) >= 11 is 1.63. The Balaban J connectivity index is 1.65. The summed E-state index contributed by atoms with van der Waals surface area (Å²) in [6.07, 6.45) is 3.33. The zero-order valence-corrected chi connectivity index (χ0v) is 13.3. The molecule has 0 aromatic carbocycles. The van der Waals surface area contributed by atoms with Crippen LogP contribution in [0.2, 0.25) is 0 Å². The van der Waals surface area contributed by atoms with Crippen molar-refractivity contribution >= 4 is 17.4 Å². The molecule has 2 amide bonds. The zero-order valence-electron chi connectivity index (χ0n) is 12.5. The Morgan fingerprint density at radius 1 is 1.17 bits per heavy atom. The fourth-order valence-electron chi connectivity index (χ4n) is 2.16. The van der Waals surface area contributed by atoms with Crippen LogP contribution in [0.1, 0.15) is 16.3 Å². The third-order valence-corrected chi connectivity index (χ3v) is 4.15. The molecule has 3 aromatic rings. The maximum atomic E-state index is 12.5. The molecule has 0 aliphatic rings. The van der Waals surface area contributed by atoms with Gasteiger partial charge in [0, 0.05) is 11.1 Å². The van der Waals surface area contributed by atoms with Crippen molar-refractivity contribution in [1.29, 1.82) is 0 Å². The summed E-state index contributed by atoms with van der Waals surface area (Å²) in [7, 11) is 0. The van der Waals surface area contributed by atoms with E-state index in [2.05, 4.69) is 10.3 Å². The normalized spacial score (nSPS) is 10.4. The van der Waals surface area contributed by atoms with Crippen LogP contribution >= 0.6 is 11.3 Å². The lowest BCUT2D eigenvalue weighted by Gasteiger charge is -2.21. The summed E-state index contributed by atoms with van der Waals surface area (Å²) < 4.78 is 5.37. The van der Waals surface area contributed by atoms with Gasteiger partial charge in [-0.1, -0.05) is 12.1 Å². The van der Waals surface area contributed by atoms with Gasteiger partial charge < -0.3 is 14.6 Å². The average Bonchev–Trinajstić information content (AvgIpc) is 3.27. The predicted molar refractivity (Wildman–Crippen MR) is 88.7 cm³/mol. The van der Waals surface area contributed by atoms with E-state index in [0.717, 1.165) is 16.3 Å². The Bertz CT molecular complexity index is 675. The van der Waals surface area contributed by atoms with Crippen LogP contribution < -0.4 is 5.32 Å². The Hall–Kier alpha value is -2.60. The monoisotopic (exact) mass is 327 g/mol. The number of thiophene rings is 1. The van der Waals surface area contributed by atoms with Crippen LogP contribution in [0.5, 0.6) is 0 Å². The van der Waals surface area contributed by atoms with Crippen LogP contribution in [0.15, 0.2) is 64.7 Å². The molecule has 0 unspecified atom stereocenters. The lowest BCUT2D eigenvalue weighted by atomic mass is 10.3. The molecule has 0 saturated heterocycles. The number of urea groups is 1. The van der Waals surface area contributed by atoms with E-state index in [1.165, 1.54) is 0 Å². The Labute approximate surface area is 138 Å². The number of rotatable bonds is 6. The van der Waals surface area contributed by atoms with Crippen LogP contribution in [0.3, 0.4) is 0 Å². The molecule has 0 spiro atoms. The van der Waals surface area contributed by atoms with Crippen molar-refractivity contribution in [2.45, 2.75) is 19.6 Å². The molecular weight excluding hydrogens is 310 g/mol. The van der Waals surface area contributed by atoms with Crippen LogP contribution in [0.25, 0.3) is 0 Å². The van der Waals surface area contributed by atoms with E-state index >= 15 is 0 Å². The number of furan rings is 1. The van der Waals surface area contributed by atoms with E-state index in [0.29, 0.717) is 19.6 Å². The Morgan fingerprint density at radius 3 is 2.83 bits per heavy atom. The minimum Gasteiger partial charge on any atom is -0.467 e. The molecule has 5 nitrogen and oxygen atoms in total. The van der Waals surface area contributed by atoms with Gasteiger partial charge in [-0.25, -0.2) is 4.79 Å². The van der Waals surface area contributed by atoms with Gasteiger partial charge in [0.15, 0.2) is 0 Å². The van der Waals surface area contributed by atoms with Crippen molar-refractivity contribution in [1.82, 2.24) is 15.2 Å². The molecule has 118 valence electrons. The summed E-state index contributed by atoms with van der Waals surface area (Å²) in [5.41, 5.74) is 0.829. The van der Waals surface area contributed by atoms with Gasteiger partial charge in [-0.15, -0.1) is 11.3 Å². The zero-order chi connectivity index (χ0) is 15.9. The van der Waals surface area contributed by atoms with E-state index in [1.807, 2.05) is 47.8 Å². The highest BCUT2D eigenvalue weighted by Crippen LogP contribution is 2.15. The number of carbonyl (C=O) groups is 1. The quantitative estimate of drug-likeness (QED) is 0.752. The number of hydrogen-bond acceptors (Lipinski definition) is 4. The molecule has 1 N–H and O–H groups in total. The minimum absolute atomic E-state index is 0.138. The smallest absolute Gasteiger partial charge is 0.318 e. The van der Waals surface area contributed by atoms with Gasteiger partial charge >= 0.3 is 6.03 Å². The van der Waals surface area contributed by atoms with E-state index < -0.39 is 0 Å². The second kappa shape index (κ2) is 7.60. The third kappa shape index (κ3) is 4.43. The van der Waals surface area contributed by atoms with Gasteiger partial charge in [0.25, 0.3) is 0 Å². The number of nitrogens with one attached hydrogen (secondary N) is 1. The first kappa shape index (κ1) is 15.3. The molecule has 0 atom stereocenters. The van der Waals surface area contributed by atoms with Gasteiger partial charge in [0.05, 0.1) is 31.6 Å². The van der Waals surface area contributed by atoms with E-state index in [1.54, 1.807) is 28.7 Å². The van der Waals surface area contributed by atoms with Gasteiger partial charge in [-0.05, 0) is 35.7 Å². The predicted octanol–water partition coefficient (Wildman–Crippen LogP) is 3.65. The van der Waals surface area contributed by atoms with Gasteiger partial charge in [-0.3, -0.25) is 4.98 Å². The third-order valence-electron chi connectivity index (χ3n) is 3.29. The fraction of sp³-hybridized carbons (Fsp3) is 0.176. The first-order valence-electron chi connectivity index (χ1n) is 7.29. The van der Waals surface area contributed by atoms with Gasteiger partial charge in [-0.2, -0.15) is 0 Å². The summed E-state index contributed by atoms with van der Waals surface area (Å²) in [5, 5.41) is 4.92. The van der Waals surface area contributed by atoms with E-state index in [9.17, 15) is 4.79 Å². The first-order chi connectivity index (χ1) is 11.3. The molecule has 3 heterocycles. The van der Waals surface area contributed by atoms with Gasteiger partial charge in [0.2, 0.25) is 0 Å².